The average Bonchev–Trinajstić information content (AvgIpc) is 3.68. The molecule has 3 fully saturated rings. The standard InChI is InChI=1S/C28H25N3O6/c1-14-3-5-16(6-4-14)25(32)15(2)29(26(33)17-7-9-18(10-8-17)31(36)37)30-27(34)23-19-11-12-20(22-13-21(19)22)24(23)28(30)35/h3-12,15,19-24H,13H2,1-2H3/t15-,19-,20-,21-,22+,23-,24+/m0/s1. The summed E-state index contributed by atoms with van der Waals surface area (Å²) in [6.07, 6.45) is 5.08. The lowest BCUT2D eigenvalue weighted by Crippen LogP contribution is -2.56. The second-order valence-electron chi connectivity index (χ2n) is 10.5. The number of amides is 3. The fourth-order valence-corrected chi connectivity index (χ4v) is 6.52. The van der Waals surface area contributed by atoms with Gasteiger partial charge in [-0.1, -0.05) is 42.0 Å². The van der Waals surface area contributed by atoms with E-state index in [1.54, 1.807) is 24.3 Å². The number of benzene rings is 2. The molecule has 9 nitrogen and oxygen atoms in total. The number of nitrogens with zero attached hydrogens (tertiary/aromatic N) is 3. The Morgan fingerprint density at radius 3 is 1.95 bits per heavy atom. The second-order valence-corrected chi connectivity index (χ2v) is 10.5. The number of hydrogen-bond donors (Lipinski definition) is 0. The molecule has 1 saturated heterocycles. The van der Waals surface area contributed by atoms with Gasteiger partial charge in [-0.2, -0.15) is 5.01 Å². The van der Waals surface area contributed by atoms with Crippen molar-refractivity contribution in [1.82, 2.24) is 10.0 Å². The first kappa shape index (κ1) is 23.3. The molecule has 9 heteroatoms. The lowest BCUT2D eigenvalue weighted by Gasteiger charge is -2.37. The van der Waals surface area contributed by atoms with E-state index < -0.39 is 46.3 Å². The summed E-state index contributed by atoms with van der Waals surface area (Å²) in [5, 5.41) is 13.0. The number of non-ortho nitro benzene ring substituents is 1. The van der Waals surface area contributed by atoms with E-state index in [9.17, 15) is 29.3 Å². The van der Waals surface area contributed by atoms with Crippen molar-refractivity contribution in [1.29, 1.82) is 0 Å². The predicted octanol–water partition coefficient (Wildman–Crippen LogP) is 3.58. The van der Waals surface area contributed by atoms with Crippen LogP contribution < -0.4 is 0 Å². The molecule has 2 bridgehead atoms. The van der Waals surface area contributed by atoms with Crippen molar-refractivity contribution in [3.8, 4) is 0 Å². The number of hydrogen-bond acceptors (Lipinski definition) is 6. The molecule has 4 aliphatic carbocycles. The number of carbonyl (C=O) groups is 4. The Kier molecular flexibility index (Phi) is 5.15. The largest absolute Gasteiger partial charge is 0.292 e. The molecule has 3 amide bonds. The van der Waals surface area contributed by atoms with Crippen molar-refractivity contribution < 1.29 is 24.1 Å². The molecule has 7 atom stereocenters. The lowest BCUT2D eigenvalue weighted by atomic mass is 9.63. The van der Waals surface area contributed by atoms with Crippen LogP contribution in [-0.4, -0.2) is 44.5 Å². The lowest BCUT2D eigenvalue weighted by molar-refractivity contribution is -0.384. The Hall–Kier alpha value is -4.14. The maximum absolute atomic E-state index is 13.8. The fraction of sp³-hybridized carbons (Fsp3) is 0.357. The Morgan fingerprint density at radius 2 is 1.43 bits per heavy atom. The summed E-state index contributed by atoms with van der Waals surface area (Å²) in [6.45, 7) is 3.39. The number of hydrazine groups is 1. The molecule has 5 aliphatic rings. The zero-order chi connectivity index (χ0) is 26.2. The third-order valence-electron chi connectivity index (χ3n) is 8.47. The van der Waals surface area contributed by atoms with Crippen LogP contribution in [-0.2, 0) is 9.59 Å². The Labute approximate surface area is 212 Å². The average molecular weight is 500 g/mol. The highest BCUT2D eigenvalue weighted by Crippen LogP contribution is 2.65. The van der Waals surface area contributed by atoms with Crippen molar-refractivity contribution in [3.63, 3.8) is 0 Å². The third kappa shape index (κ3) is 3.44. The van der Waals surface area contributed by atoms with Gasteiger partial charge in [-0.05, 0) is 56.1 Å². The van der Waals surface area contributed by atoms with Crippen molar-refractivity contribution in [2.45, 2.75) is 26.3 Å². The van der Waals surface area contributed by atoms with Gasteiger partial charge < -0.3 is 0 Å². The van der Waals surface area contributed by atoms with Gasteiger partial charge in [0, 0.05) is 23.3 Å². The molecule has 0 spiro atoms. The molecule has 2 aromatic carbocycles. The van der Waals surface area contributed by atoms with Crippen molar-refractivity contribution in [3.05, 3.63) is 87.5 Å². The van der Waals surface area contributed by atoms with Crippen LogP contribution in [0.15, 0.2) is 60.7 Å². The summed E-state index contributed by atoms with van der Waals surface area (Å²) in [7, 11) is 0. The van der Waals surface area contributed by atoms with Crippen LogP contribution in [0.3, 0.4) is 0 Å². The van der Waals surface area contributed by atoms with E-state index in [1.165, 1.54) is 31.2 Å². The minimum atomic E-state index is -1.17. The molecule has 37 heavy (non-hydrogen) atoms. The maximum Gasteiger partial charge on any atom is 0.273 e. The van der Waals surface area contributed by atoms with E-state index >= 15 is 0 Å². The first-order valence-electron chi connectivity index (χ1n) is 12.4. The molecule has 0 radical (unpaired) electrons. The zero-order valence-electron chi connectivity index (χ0n) is 20.3. The first-order valence-corrected chi connectivity index (χ1v) is 12.4. The number of rotatable bonds is 6. The molecule has 0 aromatic heterocycles. The predicted molar refractivity (Wildman–Crippen MR) is 131 cm³/mol. The number of aryl methyl sites for hydroxylation is 1. The van der Waals surface area contributed by atoms with Gasteiger partial charge in [0.2, 0.25) is 0 Å². The summed E-state index contributed by atoms with van der Waals surface area (Å²) in [4.78, 5) is 65.5. The minimum Gasteiger partial charge on any atom is -0.292 e. The van der Waals surface area contributed by atoms with Crippen LogP contribution in [0, 0.1) is 52.5 Å². The number of ketones is 1. The highest BCUT2D eigenvalue weighted by Gasteiger charge is 2.68. The first-order chi connectivity index (χ1) is 17.7. The van der Waals surface area contributed by atoms with Crippen LogP contribution in [0.25, 0.3) is 0 Å². The number of nitro groups is 1. The van der Waals surface area contributed by atoms with E-state index in [1.807, 2.05) is 19.1 Å². The summed E-state index contributed by atoms with van der Waals surface area (Å²) >= 11 is 0. The highest BCUT2D eigenvalue weighted by atomic mass is 16.6. The Balaban J connectivity index is 1.39. The second kappa shape index (κ2) is 8.19. The third-order valence-corrected chi connectivity index (χ3v) is 8.47. The zero-order valence-corrected chi connectivity index (χ0v) is 20.3. The molecule has 2 aromatic rings. The summed E-state index contributed by atoms with van der Waals surface area (Å²) in [6, 6.07) is 10.6. The van der Waals surface area contributed by atoms with Gasteiger partial charge in [-0.3, -0.25) is 29.3 Å². The minimum absolute atomic E-state index is 0.0357. The number of imide groups is 1. The van der Waals surface area contributed by atoms with Crippen molar-refractivity contribution in [2.24, 2.45) is 35.5 Å². The monoisotopic (exact) mass is 499 g/mol. The quantitative estimate of drug-likeness (QED) is 0.197. The van der Waals surface area contributed by atoms with E-state index in [2.05, 4.69) is 0 Å². The fourth-order valence-electron chi connectivity index (χ4n) is 6.52. The normalized spacial score (nSPS) is 29.5. The van der Waals surface area contributed by atoms with Crippen LogP contribution in [0.1, 0.15) is 39.6 Å². The van der Waals surface area contributed by atoms with Gasteiger partial charge >= 0.3 is 0 Å². The Bertz CT molecular complexity index is 1350. The van der Waals surface area contributed by atoms with Crippen molar-refractivity contribution in [2.75, 3.05) is 0 Å². The number of allylic oxidation sites excluding steroid dienone is 2. The van der Waals surface area contributed by atoms with Gasteiger partial charge in [0.25, 0.3) is 23.4 Å². The van der Waals surface area contributed by atoms with E-state index in [0.717, 1.165) is 22.0 Å². The van der Waals surface area contributed by atoms with Gasteiger partial charge in [-0.25, -0.2) is 5.01 Å². The molecule has 1 heterocycles. The Morgan fingerprint density at radius 1 is 0.919 bits per heavy atom. The number of nitro benzene ring substituents is 1. The highest BCUT2D eigenvalue weighted by molar-refractivity contribution is 6.11. The van der Waals surface area contributed by atoms with Gasteiger partial charge in [0.1, 0.15) is 6.04 Å². The van der Waals surface area contributed by atoms with Crippen LogP contribution >= 0.6 is 0 Å². The molecule has 1 aliphatic heterocycles. The van der Waals surface area contributed by atoms with Crippen LogP contribution in [0.2, 0.25) is 0 Å². The van der Waals surface area contributed by atoms with Crippen LogP contribution in [0.5, 0.6) is 0 Å². The summed E-state index contributed by atoms with van der Waals surface area (Å²) in [5.74, 6) is -2.47. The molecular formula is C28H25N3O6. The smallest absolute Gasteiger partial charge is 0.273 e. The summed E-state index contributed by atoms with van der Waals surface area (Å²) in [5.41, 5.74) is 1.14. The van der Waals surface area contributed by atoms with E-state index in [0.29, 0.717) is 17.4 Å². The van der Waals surface area contributed by atoms with E-state index in [4.69, 9.17) is 0 Å². The SMILES string of the molecule is Cc1ccc(C(=O)[C@H](C)N(C(=O)c2ccc([N+](=O)[O-])cc2)N2C(=O)[C@@H]3[C@H]4C=C[C@@H]([C@@H]5C[C@H]45)[C@@H]3C2=O)cc1. The van der Waals surface area contributed by atoms with E-state index in [-0.39, 0.29) is 23.1 Å². The topological polar surface area (TPSA) is 118 Å². The van der Waals surface area contributed by atoms with Gasteiger partial charge in [0.05, 0.1) is 16.8 Å². The molecule has 188 valence electrons. The molecule has 0 unspecified atom stereocenters. The molecular weight excluding hydrogens is 474 g/mol. The number of carbonyl (C=O) groups excluding carboxylic acids is 4. The molecule has 7 rings (SSSR count). The van der Waals surface area contributed by atoms with Crippen molar-refractivity contribution >= 4 is 29.2 Å². The van der Waals surface area contributed by atoms with Gasteiger partial charge in [-0.15, -0.1) is 0 Å². The summed E-state index contributed by atoms with van der Waals surface area (Å²) < 4.78 is 0. The van der Waals surface area contributed by atoms with Gasteiger partial charge in [0.15, 0.2) is 5.78 Å². The van der Waals surface area contributed by atoms with Crippen LogP contribution in [0.4, 0.5) is 5.69 Å². The molecule has 0 N–H and O–H groups in total. The maximum atomic E-state index is 13.8. The number of Topliss-reactive ketones (excluding diaryl/α,β-unsaturated/α-hetero) is 1. The molecule has 2 saturated carbocycles.